The molecule has 0 spiro atoms. The summed E-state index contributed by atoms with van der Waals surface area (Å²) in [7, 11) is 0.374. The highest BCUT2D eigenvalue weighted by atomic mass is 35.5. The van der Waals surface area contributed by atoms with Crippen LogP contribution in [0.2, 0.25) is 5.02 Å². The first-order valence-electron chi connectivity index (χ1n) is 7.38. The Balaban J connectivity index is 2.23. The molecule has 0 aliphatic heterocycles. The maximum absolute atomic E-state index is 12.6. The summed E-state index contributed by atoms with van der Waals surface area (Å²) in [6.45, 7) is 0.356. The quantitative estimate of drug-likeness (QED) is 0.720. The van der Waals surface area contributed by atoms with E-state index in [1.165, 1.54) is 37.3 Å². The molecule has 0 heterocycles. The molecule has 0 aliphatic rings. The minimum Gasteiger partial charge on any atom is -0.337 e. The van der Waals surface area contributed by atoms with Crippen LogP contribution in [0, 0.1) is 0 Å². The maximum atomic E-state index is 12.6. The predicted octanol–water partition coefficient (Wildman–Crippen LogP) is 2.79. The number of nitrogens with zero attached hydrogens (tertiary/aromatic N) is 2. The number of hydroxylamine groups is 1. The summed E-state index contributed by atoms with van der Waals surface area (Å²) in [4.78, 5) is 18.8. The Hall–Kier alpha value is -1.93. The predicted molar refractivity (Wildman–Crippen MR) is 95.6 cm³/mol. The molecule has 1 amide bonds. The molecule has 0 N–H and O–H groups in total. The van der Waals surface area contributed by atoms with E-state index in [9.17, 15) is 13.2 Å². The lowest BCUT2D eigenvalue weighted by atomic mass is 10.1. The lowest BCUT2D eigenvalue weighted by molar-refractivity contribution is -0.0258. The van der Waals surface area contributed by atoms with Crippen LogP contribution in [0.3, 0.4) is 0 Å². The summed E-state index contributed by atoms with van der Waals surface area (Å²) in [5.74, 6) is -0.294. The fourth-order valence-corrected chi connectivity index (χ4v) is 3.47. The van der Waals surface area contributed by atoms with Gasteiger partial charge in [-0.05, 0) is 35.9 Å². The first-order chi connectivity index (χ1) is 11.8. The Morgan fingerprint density at radius 3 is 2.44 bits per heavy atom. The molecule has 6 nitrogen and oxygen atoms in total. The molecule has 0 atom stereocenters. The smallest absolute Gasteiger partial charge is 0.264 e. The summed E-state index contributed by atoms with van der Waals surface area (Å²) >= 11 is 5.95. The maximum Gasteiger partial charge on any atom is 0.264 e. The summed E-state index contributed by atoms with van der Waals surface area (Å²) in [6, 6.07) is 13.1. The second kappa shape index (κ2) is 7.97. The van der Waals surface area contributed by atoms with E-state index >= 15 is 0 Å². The second-order valence-corrected chi connectivity index (χ2v) is 7.79. The van der Waals surface area contributed by atoms with Gasteiger partial charge in [-0.2, -0.15) is 0 Å². The third-order valence-corrected chi connectivity index (χ3v) is 5.54. The largest absolute Gasteiger partial charge is 0.337 e. The highest BCUT2D eigenvalue weighted by Gasteiger charge is 2.22. The fourth-order valence-electron chi connectivity index (χ4n) is 2.24. The van der Waals surface area contributed by atoms with Gasteiger partial charge in [0.2, 0.25) is 0 Å². The van der Waals surface area contributed by atoms with E-state index in [-0.39, 0.29) is 16.4 Å². The zero-order valence-electron chi connectivity index (χ0n) is 14.1. The zero-order chi connectivity index (χ0) is 18.6. The molecule has 2 rings (SSSR count). The molecule has 0 saturated carbocycles. The number of hydrogen-bond donors (Lipinski definition) is 0. The van der Waals surface area contributed by atoms with Gasteiger partial charge in [-0.25, -0.2) is 8.42 Å². The fraction of sp³-hybridized carbons (Fsp3) is 0.235. The topological polar surface area (TPSA) is 66.9 Å². The van der Waals surface area contributed by atoms with Crippen LogP contribution in [0.1, 0.15) is 15.9 Å². The Morgan fingerprint density at radius 2 is 1.80 bits per heavy atom. The van der Waals surface area contributed by atoms with Crippen LogP contribution in [0.5, 0.6) is 0 Å². The first kappa shape index (κ1) is 19.4. The molecule has 25 heavy (non-hydrogen) atoms. The Labute approximate surface area is 152 Å². The molecule has 0 unspecified atom stereocenters. The van der Waals surface area contributed by atoms with Gasteiger partial charge in [0, 0.05) is 31.2 Å². The highest BCUT2D eigenvalue weighted by Crippen LogP contribution is 2.18. The van der Waals surface area contributed by atoms with Crippen molar-refractivity contribution in [2.45, 2.75) is 11.4 Å². The van der Waals surface area contributed by atoms with Crippen molar-refractivity contribution in [3.63, 3.8) is 0 Å². The van der Waals surface area contributed by atoms with Gasteiger partial charge in [0.05, 0.1) is 12.0 Å². The molecular weight excluding hydrogens is 364 g/mol. The van der Waals surface area contributed by atoms with Crippen molar-refractivity contribution >= 4 is 27.5 Å². The molecule has 0 aliphatic carbocycles. The molecule has 0 radical (unpaired) electrons. The monoisotopic (exact) mass is 382 g/mol. The molecule has 0 saturated heterocycles. The van der Waals surface area contributed by atoms with Crippen molar-refractivity contribution in [1.82, 2.24) is 9.37 Å². The van der Waals surface area contributed by atoms with E-state index < -0.39 is 10.0 Å². The first-order valence-corrected chi connectivity index (χ1v) is 9.20. The molecule has 134 valence electrons. The molecule has 0 aromatic heterocycles. The molecule has 0 fully saturated rings. The van der Waals surface area contributed by atoms with E-state index in [1.807, 2.05) is 12.1 Å². The number of halogens is 1. The van der Waals surface area contributed by atoms with Crippen LogP contribution in [0.25, 0.3) is 0 Å². The lowest BCUT2D eigenvalue weighted by Gasteiger charge is -2.19. The van der Waals surface area contributed by atoms with Crippen LogP contribution in [0.15, 0.2) is 53.4 Å². The van der Waals surface area contributed by atoms with E-state index in [0.717, 1.165) is 10.0 Å². The van der Waals surface area contributed by atoms with Gasteiger partial charge in [-0.15, -0.1) is 0 Å². The van der Waals surface area contributed by atoms with Gasteiger partial charge in [-0.1, -0.05) is 34.3 Å². The van der Waals surface area contributed by atoms with E-state index in [2.05, 4.69) is 0 Å². The van der Waals surface area contributed by atoms with Gasteiger partial charge in [0.1, 0.15) is 0 Å². The van der Waals surface area contributed by atoms with Gasteiger partial charge in [-0.3, -0.25) is 9.63 Å². The Bertz CT molecular complexity index is 870. The minimum atomic E-state index is -3.81. The number of sulfonamides is 1. The van der Waals surface area contributed by atoms with E-state index in [4.69, 9.17) is 16.4 Å². The van der Waals surface area contributed by atoms with Crippen molar-refractivity contribution in [3.05, 3.63) is 64.7 Å². The van der Waals surface area contributed by atoms with Crippen LogP contribution >= 0.6 is 11.6 Å². The van der Waals surface area contributed by atoms with Crippen LogP contribution < -0.4 is 0 Å². The number of amides is 1. The standard InChI is InChI=1S/C17H19ClN2O4S/c1-19(12-13-6-4-8-15(18)10-13)17(21)14-7-5-9-16(11-14)25(22,23)20(2)24-3/h4-11H,12H2,1-3H3. The number of benzene rings is 2. The van der Waals surface area contributed by atoms with Crippen molar-refractivity contribution in [1.29, 1.82) is 0 Å². The highest BCUT2D eigenvalue weighted by molar-refractivity contribution is 7.89. The van der Waals surface area contributed by atoms with Crippen molar-refractivity contribution < 1.29 is 18.0 Å². The van der Waals surface area contributed by atoms with Crippen LogP contribution in [-0.2, 0) is 21.4 Å². The number of carbonyl (C=O) groups excluding carboxylic acids is 1. The summed E-state index contributed by atoms with van der Waals surface area (Å²) in [5.41, 5.74) is 1.15. The number of rotatable bonds is 6. The molecule has 0 bridgehead atoms. The number of hydrogen-bond acceptors (Lipinski definition) is 4. The van der Waals surface area contributed by atoms with Crippen molar-refractivity contribution in [2.75, 3.05) is 21.2 Å². The average Bonchev–Trinajstić information content (AvgIpc) is 2.60. The third-order valence-electron chi connectivity index (χ3n) is 3.63. The average molecular weight is 383 g/mol. The molecule has 2 aromatic carbocycles. The van der Waals surface area contributed by atoms with Gasteiger partial charge < -0.3 is 4.90 Å². The summed E-state index contributed by atoms with van der Waals surface area (Å²) in [5, 5.41) is 0.592. The molecule has 8 heteroatoms. The van der Waals surface area contributed by atoms with Crippen LogP contribution in [-0.4, -0.2) is 44.9 Å². The van der Waals surface area contributed by atoms with Crippen molar-refractivity contribution in [2.24, 2.45) is 0 Å². The third kappa shape index (κ3) is 4.58. The Kier molecular flexibility index (Phi) is 6.18. The number of carbonyl (C=O) groups is 1. The van der Waals surface area contributed by atoms with Gasteiger partial charge in [0.15, 0.2) is 0 Å². The molecular formula is C17H19ClN2O4S. The SMILES string of the molecule is CON(C)S(=O)(=O)c1cccc(C(=O)N(C)Cc2cccc(Cl)c2)c1. The van der Waals surface area contributed by atoms with E-state index in [0.29, 0.717) is 11.6 Å². The summed E-state index contributed by atoms with van der Waals surface area (Å²) in [6.07, 6.45) is 0. The van der Waals surface area contributed by atoms with Gasteiger partial charge in [0.25, 0.3) is 15.9 Å². The normalized spacial score (nSPS) is 11.6. The second-order valence-electron chi connectivity index (χ2n) is 5.42. The van der Waals surface area contributed by atoms with Crippen LogP contribution in [0.4, 0.5) is 0 Å². The zero-order valence-corrected chi connectivity index (χ0v) is 15.7. The van der Waals surface area contributed by atoms with Crippen molar-refractivity contribution in [3.8, 4) is 0 Å². The molecule has 2 aromatic rings. The lowest BCUT2D eigenvalue weighted by Crippen LogP contribution is -2.28. The van der Waals surface area contributed by atoms with E-state index in [1.54, 1.807) is 25.2 Å². The summed E-state index contributed by atoms with van der Waals surface area (Å²) < 4.78 is 25.3. The van der Waals surface area contributed by atoms with Gasteiger partial charge >= 0.3 is 0 Å². The Morgan fingerprint density at radius 1 is 1.12 bits per heavy atom. The minimum absolute atomic E-state index is 0.0149.